The molecular formula is C25H52N2O. The fourth-order valence-corrected chi connectivity index (χ4v) is 3.72. The first-order chi connectivity index (χ1) is 13.7. The standard InChI is InChI=1S/C25H52N2O/c1-4-5-6-7-8-9-10-11-12-13-14-15-16-17-18-19-20-22-25(28)26-23-21-24-27(2)3/h4-24H2,1-3H3,(H,26,28). The molecule has 0 saturated heterocycles. The molecule has 0 atom stereocenters. The number of nitrogens with zero attached hydrogens (tertiary/aromatic N) is 1. The molecule has 0 aromatic rings. The fraction of sp³-hybridized carbons (Fsp3) is 0.960. The molecule has 3 nitrogen and oxygen atoms in total. The first-order valence-corrected chi connectivity index (χ1v) is 12.6. The molecular weight excluding hydrogens is 344 g/mol. The van der Waals surface area contributed by atoms with Crippen LogP contribution in [0.1, 0.15) is 129 Å². The first kappa shape index (κ1) is 27.4. The van der Waals surface area contributed by atoms with E-state index in [2.05, 4.69) is 31.2 Å². The normalized spacial score (nSPS) is 11.3. The van der Waals surface area contributed by atoms with Crippen molar-refractivity contribution in [1.82, 2.24) is 10.2 Å². The van der Waals surface area contributed by atoms with E-state index in [0.29, 0.717) is 6.42 Å². The van der Waals surface area contributed by atoms with Gasteiger partial charge in [0.2, 0.25) is 5.91 Å². The van der Waals surface area contributed by atoms with Gasteiger partial charge < -0.3 is 10.2 Å². The van der Waals surface area contributed by atoms with Crippen molar-refractivity contribution in [2.24, 2.45) is 0 Å². The Balaban J connectivity index is 3.11. The molecule has 0 radical (unpaired) electrons. The lowest BCUT2D eigenvalue weighted by molar-refractivity contribution is -0.121. The van der Waals surface area contributed by atoms with Crippen molar-refractivity contribution < 1.29 is 4.79 Å². The van der Waals surface area contributed by atoms with Crippen LogP contribution in [0.3, 0.4) is 0 Å². The highest BCUT2D eigenvalue weighted by atomic mass is 16.1. The van der Waals surface area contributed by atoms with E-state index in [-0.39, 0.29) is 5.91 Å². The zero-order valence-electron chi connectivity index (χ0n) is 19.7. The van der Waals surface area contributed by atoms with E-state index in [4.69, 9.17) is 0 Å². The van der Waals surface area contributed by atoms with Crippen LogP contribution in [-0.2, 0) is 4.79 Å². The Labute approximate surface area is 177 Å². The summed E-state index contributed by atoms with van der Waals surface area (Å²) in [6.45, 7) is 4.14. The minimum absolute atomic E-state index is 0.236. The smallest absolute Gasteiger partial charge is 0.219 e. The second-order valence-electron chi connectivity index (χ2n) is 8.91. The van der Waals surface area contributed by atoms with Crippen molar-refractivity contribution in [3.63, 3.8) is 0 Å². The molecule has 3 heteroatoms. The molecule has 28 heavy (non-hydrogen) atoms. The summed E-state index contributed by atoms with van der Waals surface area (Å²) < 4.78 is 0. The third-order valence-electron chi connectivity index (χ3n) is 5.61. The maximum absolute atomic E-state index is 11.7. The summed E-state index contributed by atoms with van der Waals surface area (Å²) in [4.78, 5) is 13.9. The molecule has 1 N–H and O–H groups in total. The van der Waals surface area contributed by atoms with E-state index in [9.17, 15) is 4.79 Å². The molecule has 0 aliphatic carbocycles. The minimum atomic E-state index is 0.236. The molecule has 0 spiro atoms. The second-order valence-corrected chi connectivity index (χ2v) is 8.91. The van der Waals surface area contributed by atoms with E-state index in [0.717, 1.165) is 25.9 Å². The van der Waals surface area contributed by atoms with Gasteiger partial charge in [-0.3, -0.25) is 4.79 Å². The Morgan fingerprint density at radius 1 is 0.607 bits per heavy atom. The van der Waals surface area contributed by atoms with Crippen molar-refractivity contribution in [2.75, 3.05) is 27.2 Å². The molecule has 0 aliphatic rings. The van der Waals surface area contributed by atoms with E-state index in [1.807, 2.05) is 0 Å². The van der Waals surface area contributed by atoms with Crippen LogP contribution in [0.4, 0.5) is 0 Å². The van der Waals surface area contributed by atoms with Crippen LogP contribution in [0.2, 0.25) is 0 Å². The number of hydrogen-bond donors (Lipinski definition) is 1. The van der Waals surface area contributed by atoms with Crippen LogP contribution in [0.5, 0.6) is 0 Å². The molecule has 0 saturated carbocycles. The summed E-state index contributed by atoms with van der Waals surface area (Å²) >= 11 is 0. The SMILES string of the molecule is CCCCCCCCCCCCCCCCCCCC(=O)NCCCN(C)C. The van der Waals surface area contributed by atoms with Crippen molar-refractivity contribution in [3.8, 4) is 0 Å². The van der Waals surface area contributed by atoms with E-state index in [1.54, 1.807) is 0 Å². The van der Waals surface area contributed by atoms with Gasteiger partial charge in [0.15, 0.2) is 0 Å². The summed E-state index contributed by atoms with van der Waals surface area (Å²) in [5.74, 6) is 0.236. The average Bonchev–Trinajstić information content (AvgIpc) is 2.67. The van der Waals surface area contributed by atoms with Crippen LogP contribution in [0.25, 0.3) is 0 Å². The van der Waals surface area contributed by atoms with Crippen LogP contribution < -0.4 is 5.32 Å². The van der Waals surface area contributed by atoms with Gasteiger partial charge in [-0.15, -0.1) is 0 Å². The highest BCUT2D eigenvalue weighted by Gasteiger charge is 2.01. The molecule has 0 aliphatic heterocycles. The van der Waals surface area contributed by atoms with Gasteiger partial charge in [-0.05, 0) is 33.5 Å². The summed E-state index contributed by atoms with van der Waals surface area (Å²) in [6.07, 6.45) is 25.2. The summed E-state index contributed by atoms with van der Waals surface area (Å²) in [7, 11) is 4.14. The number of hydrogen-bond acceptors (Lipinski definition) is 2. The quantitative estimate of drug-likeness (QED) is 0.198. The van der Waals surface area contributed by atoms with Crippen molar-refractivity contribution >= 4 is 5.91 Å². The number of amides is 1. The lowest BCUT2D eigenvalue weighted by Crippen LogP contribution is -2.26. The molecule has 1 amide bonds. The highest BCUT2D eigenvalue weighted by molar-refractivity contribution is 5.75. The number of carbonyl (C=O) groups excluding carboxylic acids is 1. The fourth-order valence-electron chi connectivity index (χ4n) is 3.72. The molecule has 0 heterocycles. The van der Waals surface area contributed by atoms with Gasteiger partial charge in [0.25, 0.3) is 0 Å². The lowest BCUT2D eigenvalue weighted by atomic mass is 10.0. The molecule has 0 bridgehead atoms. The van der Waals surface area contributed by atoms with E-state index >= 15 is 0 Å². The zero-order chi connectivity index (χ0) is 20.7. The summed E-state index contributed by atoms with van der Waals surface area (Å²) in [5.41, 5.74) is 0. The van der Waals surface area contributed by atoms with E-state index < -0.39 is 0 Å². The van der Waals surface area contributed by atoms with Crippen LogP contribution in [-0.4, -0.2) is 38.0 Å². The van der Waals surface area contributed by atoms with Gasteiger partial charge in [-0.2, -0.15) is 0 Å². The molecule has 0 unspecified atom stereocenters. The van der Waals surface area contributed by atoms with Crippen LogP contribution in [0.15, 0.2) is 0 Å². The van der Waals surface area contributed by atoms with Crippen molar-refractivity contribution in [2.45, 2.75) is 129 Å². The molecule has 0 aromatic carbocycles. The Morgan fingerprint density at radius 2 is 1.00 bits per heavy atom. The maximum atomic E-state index is 11.7. The first-order valence-electron chi connectivity index (χ1n) is 12.6. The lowest BCUT2D eigenvalue weighted by Gasteiger charge is -2.09. The largest absolute Gasteiger partial charge is 0.356 e. The second kappa shape index (κ2) is 22.7. The third-order valence-corrected chi connectivity index (χ3v) is 5.61. The Kier molecular flexibility index (Phi) is 22.3. The predicted molar refractivity (Wildman–Crippen MR) is 125 cm³/mol. The topological polar surface area (TPSA) is 32.3 Å². The average molecular weight is 397 g/mol. The molecule has 0 rings (SSSR count). The Hall–Kier alpha value is -0.570. The minimum Gasteiger partial charge on any atom is -0.356 e. The third kappa shape index (κ3) is 23.5. The monoisotopic (exact) mass is 396 g/mol. The van der Waals surface area contributed by atoms with Crippen LogP contribution >= 0.6 is 0 Å². The predicted octanol–water partition coefficient (Wildman–Crippen LogP) is 7.10. The van der Waals surface area contributed by atoms with E-state index in [1.165, 1.54) is 103 Å². The van der Waals surface area contributed by atoms with Crippen molar-refractivity contribution in [1.29, 1.82) is 0 Å². The highest BCUT2D eigenvalue weighted by Crippen LogP contribution is 2.14. The number of carbonyl (C=O) groups is 1. The number of nitrogens with one attached hydrogen (secondary N) is 1. The molecule has 0 fully saturated rings. The van der Waals surface area contributed by atoms with Gasteiger partial charge in [0.1, 0.15) is 0 Å². The zero-order valence-corrected chi connectivity index (χ0v) is 19.7. The van der Waals surface area contributed by atoms with Gasteiger partial charge in [0.05, 0.1) is 0 Å². The van der Waals surface area contributed by atoms with Gasteiger partial charge >= 0.3 is 0 Å². The maximum Gasteiger partial charge on any atom is 0.219 e. The van der Waals surface area contributed by atoms with Gasteiger partial charge in [-0.25, -0.2) is 0 Å². The number of unbranched alkanes of at least 4 members (excludes halogenated alkanes) is 16. The van der Waals surface area contributed by atoms with Crippen molar-refractivity contribution in [3.05, 3.63) is 0 Å². The summed E-state index contributed by atoms with van der Waals surface area (Å²) in [5, 5.41) is 3.03. The summed E-state index contributed by atoms with van der Waals surface area (Å²) in [6, 6.07) is 0. The Bertz CT molecular complexity index is 318. The van der Waals surface area contributed by atoms with Crippen LogP contribution in [0, 0.1) is 0 Å². The Morgan fingerprint density at radius 3 is 1.39 bits per heavy atom. The molecule has 0 aromatic heterocycles. The van der Waals surface area contributed by atoms with Gasteiger partial charge in [-0.1, -0.05) is 110 Å². The van der Waals surface area contributed by atoms with Gasteiger partial charge in [0, 0.05) is 13.0 Å². The number of rotatable bonds is 22. The molecule has 168 valence electrons.